The second-order valence-electron chi connectivity index (χ2n) is 4.67. The summed E-state index contributed by atoms with van der Waals surface area (Å²) in [7, 11) is 0. The molecule has 1 aliphatic rings. The molecule has 1 saturated heterocycles. The molecule has 1 aliphatic heterocycles. The zero-order chi connectivity index (χ0) is 13.8. The molecule has 0 radical (unpaired) electrons. The summed E-state index contributed by atoms with van der Waals surface area (Å²) in [5.41, 5.74) is 0.855. The van der Waals surface area contributed by atoms with E-state index in [9.17, 15) is 10.1 Å². The average Bonchev–Trinajstić information content (AvgIpc) is 2.93. The number of nitriles is 1. The van der Waals surface area contributed by atoms with Gasteiger partial charge >= 0.3 is 0 Å². The molecule has 3 nitrogen and oxygen atoms in total. The van der Waals surface area contributed by atoms with Crippen LogP contribution in [0.25, 0.3) is 0 Å². The first kappa shape index (κ1) is 14.2. The van der Waals surface area contributed by atoms with Crippen molar-refractivity contribution in [1.82, 2.24) is 4.90 Å². The van der Waals surface area contributed by atoms with Gasteiger partial charge in [-0.25, -0.2) is 0 Å². The first-order chi connectivity index (χ1) is 9.11. The predicted molar refractivity (Wildman–Crippen MR) is 75.1 cm³/mol. The Bertz CT molecular complexity index is 519. The van der Waals surface area contributed by atoms with Gasteiger partial charge in [0.2, 0.25) is 5.91 Å². The minimum Gasteiger partial charge on any atom is -0.342 e. The fraction of sp³-hybridized carbons (Fsp3) is 0.429. The van der Waals surface area contributed by atoms with Crippen LogP contribution in [0.5, 0.6) is 0 Å². The summed E-state index contributed by atoms with van der Waals surface area (Å²) in [4.78, 5) is 13.9. The van der Waals surface area contributed by atoms with Gasteiger partial charge in [-0.05, 0) is 37.0 Å². The van der Waals surface area contributed by atoms with E-state index >= 15 is 0 Å². The molecule has 1 atom stereocenters. The predicted octanol–water partition coefficient (Wildman–Crippen LogP) is 3.30. The van der Waals surface area contributed by atoms with Crippen LogP contribution in [0, 0.1) is 17.2 Å². The van der Waals surface area contributed by atoms with Gasteiger partial charge in [0.15, 0.2) is 0 Å². The largest absolute Gasteiger partial charge is 0.342 e. The van der Waals surface area contributed by atoms with Gasteiger partial charge in [-0.15, -0.1) is 0 Å². The summed E-state index contributed by atoms with van der Waals surface area (Å²) in [5, 5.41) is 10.1. The Hall–Kier alpha value is -1.24. The highest BCUT2D eigenvalue weighted by Gasteiger charge is 2.26. The Morgan fingerprint density at radius 3 is 2.58 bits per heavy atom. The molecule has 0 aromatic heterocycles. The van der Waals surface area contributed by atoms with E-state index in [4.69, 9.17) is 23.2 Å². The minimum atomic E-state index is -0.643. The summed E-state index contributed by atoms with van der Waals surface area (Å²) < 4.78 is 0. The van der Waals surface area contributed by atoms with E-state index in [0.29, 0.717) is 16.5 Å². The number of likely N-dealkylation sites (tertiary alicyclic amines) is 1. The van der Waals surface area contributed by atoms with E-state index in [1.165, 1.54) is 0 Å². The fourth-order valence-electron chi connectivity index (χ4n) is 2.25. The van der Waals surface area contributed by atoms with E-state index in [2.05, 4.69) is 6.07 Å². The standard InChI is InChI=1S/C14H14Cl2N2O/c15-12-4-3-10(8-13(12)16)7-11(9-17)14(19)18-5-1-2-6-18/h3-4,8,11H,1-2,5-7H2. The fourth-order valence-corrected chi connectivity index (χ4v) is 2.57. The van der Waals surface area contributed by atoms with Crippen LogP contribution < -0.4 is 0 Å². The average molecular weight is 297 g/mol. The zero-order valence-corrected chi connectivity index (χ0v) is 11.9. The highest BCUT2D eigenvalue weighted by atomic mass is 35.5. The van der Waals surface area contributed by atoms with E-state index < -0.39 is 5.92 Å². The Morgan fingerprint density at radius 2 is 2.00 bits per heavy atom. The molecule has 1 fully saturated rings. The number of benzene rings is 1. The van der Waals surface area contributed by atoms with Crippen LogP contribution in [0.15, 0.2) is 18.2 Å². The van der Waals surface area contributed by atoms with Crippen molar-refractivity contribution in [1.29, 1.82) is 5.26 Å². The van der Waals surface area contributed by atoms with Gasteiger partial charge < -0.3 is 4.90 Å². The molecule has 0 spiro atoms. The van der Waals surface area contributed by atoms with Crippen LogP contribution in [-0.2, 0) is 11.2 Å². The quantitative estimate of drug-likeness (QED) is 0.859. The monoisotopic (exact) mass is 296 g/mol. The molecule has 5 heteroatoms. The van der Waals surface area contributed by atoms with Crippen molar-refractivity contribution in [3.8, 4) is 6.07 Å². The van der Waals surface area contributed by atoms with Crippen LogP contribution >= 0.6 is 23.2 Å². The maximum absolute atomic E-state index is 12.2. The minimum absolute atomic E-state index is 0.0777. The number of amides is 1. The molecule has 0 bridgehead atoms. The Labute approximate surface area is 122 Å². The molecule has 1 aromatic carbocycles. The molecule has 2 rings (SSSR count). The lowest BCUT2D eigenvalue weighted by Gasteiger charge is -2.18. The normalized spacial score (nSPS) is 16.2. The highest BCUT2D eigenvalue weighted by molar-refractivity contribution is 6.42. The molecular formula is C14H14Cl2N2O. The van der Waals surface area contributed by atoms with Crippen LogP contribution in [0.3, 0.4) is 0 Å². The molecule has 1 heterocycles. The second kappa shape index (κ2) is 6.27. The van der Waals surface area contributed by atoms with Gasteiger partial charge in [0.25, 0.3) is 0 Å². The molecular weight excluding hydrogens is 283 g/mol. The molecule has 1 amide bonds. The molecule has 0 aliphatic carbocycles. The number of nitrogens with zero attached hydrogens (tertiary/aromatic N) is 2. The van der Waals surface area contributed by atoms with Crippen molar-refractivity contribution in [3.05, 3.63) is 33.8 Å². The molecule has 0 N–H and O–H groups in total. The van der Waals surface area contributed by atoms with Gasteiger partial charge in [0, 0.05) is 13.1 Å². The molecule has 1 aromatic rings. The Morgan fingerprint density at radius 1 is 1.32 bits per heavy atom. The van der Waals surface area contributed by atoms with Crippen molar-refractivity contribution in [2.45, 2.75) is 19.3 Å². The van der Waals surface area contributed by atoms with Crippen molar-refractivity contribution in [2.24, 2.45) is 5.92 Å². The van der Waals surface area contributed by atoms with Crippen molar-refractivity contribution >= 4 is 29.1 Å². The number of halogens is 2. The summed E-state index contributed by atoms with van der Waals surface area (Å²) in [6.07, 6.45) is 2.43. The zero-order valence-electron chi connectivity index (χ0n) is 10.4. The molecule has 1 unspecified atom stereocenters. The third-order valence-corrected chi connectivity index (χ3v) is 4.03. The van der Waals surface area contributed by atoms with Crippen molar-refractivity contribution in [3.63, 3.8) is 0 Å². The summed E-state index contributed by atoms with van der Waals surface area (Å²) in [5.74, 6) is -0.721. The topological polar surface area (TPSA) is 44.1 Å². The maximum atomic E-state index is 12.2. The van der Waals surface area contributed by atoms with E-state index in [1.807, 2.05) is 0 Å². The van der Waals surface area contributed by atoms with Crippen LogP contribution in [0.2, 0.25) is 10.0 Å². The maximum Gasteiger partial charge on any atom is 0.240 e. The lowest BCUT2D eigenvalue weighted by molar-refractivity contribution is -0.132. The number of rotatable bonds is 3. The smallest absolute Gasteiger partial charge is 0.240 e. The highest BCUT2D eigenvalue weighted by Crippen LogP contribution is 2.24. The number of hydrogen-bond acceptors (Lipinski definition) is 2. The summed E-state index contributed by atoms with van der Waals surface area (Å²) >= 11 is 11.8. The second-order valence-corrected chi connectivity index (χ2v) is 5.48. The first-order valence-electron chi connectivity index (χ1n) is 6.24. The Kier molecular flexibility index (Phi) is 4.68. The molecule has 19 heavy (non-hydrogen) atoms. The van der Waals surface area contributed by atoms with Gasteiger partial charge in [0.1, 0.15) is 5.92 Å². The van der Waals surface area contributed by atoms with E-state index in [-0.39, 0.29) is 5.91 Å². The lowest BCUT2D eigenvalue weighted by Crippen LogP contribution is -2.34. The third-order valence-electron chi connectivity index (χ3n) is 3.30. The van der Waals surface area contributed by atoms with Crippen LogP contribution in [0.4, 0.5) is 0 Å². The molecule has 0 saturated carbocycles. The van der Waals surface area contributed by atoms with Crippen molar-refractivity contribution < 1.29 is 4.79 Å². The summed E-state index contributed by atoms with van der Waals surface area (Å²) in [6, 6.07) is 7.30. The molecule has 100 valence electrons. The third kappa shape index (κ3) is 3.40. The number of carbonyl (C=O) groups excluding carboxylic acids is 1. The van der Waals surface area contributed by atoms with Crippen molar-refractivity contribution in [2.75, 3.05) is 13.1 Å². The first-order valence-corrected chi connectivity index (χ1v) is 6.99. The number of carbonyl (C=O) groups is 1. The van der Waals surface area contributed by atoms with E-state index in [1.54, 1.807) is 23.1 Å². The van der Waals surface area contributed by atoms with Gasteiger partial charge in [-0.1, -0.05) is 29.3 Å². The summed E-state index contributed by atoms with van der Waals surface area (Å²) in [6.45, 7) is 1.52. The van der Waals surface area contributed by atoms with Crippen LogP contribution in [0.1, 0.15) is 18.4 Å². The van der Waals surface area contributed by atoms with Gasteiger partial charge in [-0.3, -0.25) is 4.79 Å². The lowest BCUT2D eigenvalue weighted by atomic mass is 9.99. The van der Waals surface area contributed by atoms with Gasteiger partial charge in [-0.2, -0.15) is 5.26 Å². The van der Waals surface area contributed by atoms with Gasteiger partial charge in [0.05, 0.1) is 16.1 Å². The number of hydrogen-bond donors (Lipinski definition) is 0. The SMILES string of the molecule is N#CC(Cc1ccc(Cl)c(Cl)c1)C(=O)N1CCCC1. The Balaban J connectivity index is 2.08. The van der Waals surface area contributed by atoms with E-state index in [0.717, 1.165) is 31.5 Å². The van der Waals surface area contributed by atoms with Crippen LogP contribution in [-0.4, -0.2) is 23.9 Å².